The number of nitrogens with zero attached hydrogens (tertiary/aromatic N) is 6. The molecule has 2 bridgehead atoms. The van der Waals surface area contributed by atoms with Crippen LogP contribution >= 0.6 is 0 Å². The number of hydrogen-bond donors (Lipinski definition) is 0. The summed E-state index contributed by atoms with van der Waals surface area (Å²) in [6, 6.07) is 8.77. The molecule has 2 saturated heterocycles. The molecule has 11 heteroatoms. The molecule has 10 nitrogen and oxygen atoms in total. The van der Waals surface area contributed by atoms with Gasteiger partial charge in [-0.15, -0.1) is 0 Å². The molecule has 192 valence electrons. The molecule has 6 rings (SSSR count). The highest BCUT2D eigenvalue weighted by atomic mass is 32.2. The van der Waals surface area contributed by atoms with E-state index in [1.807, 2.05) is 35.3 Å². The Kier molecular flexibility index (Phi) is 6.04. The number of hydrogen-bond acceptors (Lipinski definition) is 9. The molecule has 4 aromatic rings. The second kappa shape index (κ2) is 9.38. The second-order valence-electron chi connectivity index (χ2n) is 9.68. The molecule has 0 aliphatic carbocycles. The van der Waals surface area contributed by atoms with Crippen molar-refractivity contribution in [2.24, 2.45) is 11.8 Å². The summed E-state index contributed by atoms with van der Waals surface area (Å²) in [6.07, 6.45) is 9.23. The molecule has 37 heavy (non-hydrogen) atoms. The lowest BCUT2D eigenvalue weighted by atomic mass is 9.84. The third-order valence-corrected chi connectivity index (χ3v) is 8.22. The van der Waals surface area contributed by atoms with Gasteiger partial charge in [-0.2, -0.15) is 0 Å². The van der Waals surface area contributed by atoms with Crippen LogP contribution in [0, 0.1) is 11.8 Å². The first-order chi connectivity index (χ1) is 17.9. The highest BCUT2D eigenvalue weighted by molar-refractivity contribution is 7.90. The molecule has 2 fully saturated rings. The number of fused-ring (bicyclic) bond motifs is 3. The summed E-state index contributed by atoms with van der Waals surface area (Å²) in [5.74, 6) is 2.20. The molecule has 0 amide bonds. The predicted molar refractivity (Wildman–Crippen MR) is 138 cm³/mol. The van der Waals surface area contributed by atoms with E-state index < -0.39 is 9.84 Å². The third kappa shape index (κ3) is 4.64. The van der Waals surface area contributed by atoms with Crippen LogP contribution in [0.2, 0.25) is 0 Å². The van der Waals surface area contributed by atoms with E-state index in [0.717, 1.165) is 41.9 Å². The first kappa shape index (κ1) is 23.8. The largest absolute Gasteiger partial charge is 0.473 e. The van der Waals surface area contributed by atoms with Crippen molar-refractivity contribution in [3.63, 3.8) is 0 Å². The number of anilines is 1. The van der Waals surface area contributed by atoms with Crippen LogP contribution in [0.3, 0.4) is 0 Å². The van der Waals surface area contributed by atoms with Gasteiger partial charge in [0.1, 0.15) is 18.2 Å². The van der Waals surface area contributed by atoms with Gasteiger partial charge >= 0.3 is 0 Å². The van der Waals surface area contributed by atoms with Gasteiger partial charge < -0.3 is 18.9 Å². The lowest BCUT2D eigenvalue weighted by Crippen LogP contribution is -2.58. The van der Waals surface area contributed by atoms with Gasteiger partial charge in [0.25, 0.3) is 0 Å². The highest BCUT2D eigenvalue weighted by Gasteiger charge is 2.43. The van der Waals surface area contributed by atoms with Gasteiger partial charge in [-0.3, -0.25) is 0 Å². The van der Waals surface area contributed by atoms with Crippen molar-refractivity contribution in [2.75, 3.05) is 37.5 Å². The van der Waals surface area contributed by atoms with Crippen molar-refractivity contribution in [3.05, 3.63) is 60.8 Å². The predicted octanol–water partition coefficient (Wildman–Crippen LogP) is 2.71. The Bertz CT molecular complexity index is 1520. The van der Waals surface area contributed by atoms with Crippen molar-refractivity contribution in [3.8, 4) is 11.7 Å². The Hall–Kier alpha value is -3.57. The lowest BCUT2D eigenvalue weighted by Gasteiger charge is -2.46. The molecule has 2 aliphatic heterocycles. The Morgan fingerprint density at radius 3 is 2.49 bits per heavy atom. The molecule has 0 spiro atoms. The fourth-order valence-electron chi connectivity index (χ4n) is 5.17. The maximum Gasteiger partial charge on any atom is 0.225 e. The van der Waals surface area contributed by atoms with Gasteiger partial charge in [0, 0.05) is 61.2 Å². The van der Waals surface area contributed by atoms with Crippen LogP contribution in [-0.4, -0.2) is 71.6 Å². The fourth-order valence-corrected chi connectivity index (χ4v) is 5.82. The SMILES string of the molecule is CCc1cnc(N2CC3COCC(C2)C3Oc2cc(-n3ccc4cc(S(C)(=O)=O)ccc43)ncn2)nc1. The molecule has 2 atom stereocenters. The highest BCUT2D eigenvalue weighted by Crippen LogP contribution is 2.33. The topological polar surface area (TPSA) is 112 Å². The van der Waals surface area contributed by atoms with Gasteiger partial charge in [-0.25, -0.2) is 28.4 Å². The number of aromatic nitrogens is 5. The minimum atomic E-state index is -3.28. The van der Waals surface area contributed by atoms with Crippen LogP contribution in [0.5, 0.6) is 5.88 Å². The van der Waals surface area contributed by atoms with Crippen LogP contribution in [-0.2, 0) is 21.0 Å². The van der Waals surface area contributed by atoms with Crippen LogP contribution in [0.1, 0.15) is 12.5 Å². The van der Waals surface area contributed by atoms with Crippen LogP contribution in [0.4, 0.5) is 5.95 Å². The van der Waals surface area contributed by atoms with E-state index in [0.29, 0.717) is 24.9 Å². The number of piperidine rings is 1. The number of ether oxygens (including phenoxy) is 2. The summed E-state index contributed by atoms with van der Waals surface area (Å²) < 4.78 is 38.1. The summed E-state index contributed by atoms with van der Waals surface area (Å²) in [7, 11) is -3.28. The molecular weight excluding hydrogens is 492 g/mol. The van der Waals surface area contributed by atoms with Crippen molar-refractivity contribution >= 4 is 26.7 Å². The van der Waals surface area contributed by atoms with Crippen molar-refractivity contribution < 1.29 is 17.9 Å². The minimum absolute atomic E-state index is 0.0404. The van der Waals surface area contributed by atoms with Crippen molar-refractivity contribution in [1.29, 1.82) is 0 Å². The van der Waals surface area contributed by atoms with E-state index in [1.165, 1.54) is 12.6 Å². The zero-order chi connectivity index (χ0) is 25.6. The maximum absolute atomic E-state index is 11.9. The van der Waals surface area contributed by atoms with E-state index in [9.17, 15) is 8.42 Å². The molecule has 0 radical (unpaired) electrons. The monoisotopic (exact) mass is 520 g/mol. The molecule has 2 unspecified atom stereocenters. The van der Waals surface area contributed by atoms with Gasteiger partial charge in [0.15, 0.2) is 9.84 Å². The van der Waals surface area contributed by atoms with E-state index in [2.05, 4.69) is 31.8 Å². The number of aryl methyl sites for hydroxylation is 1. The summed E-state index contributed by atoms with van der Waals surface area (Å²) in [6.45, 7) is 4.79. The van der Waals surface area contributed by atoms with E-state index in [4.69, 9.17) is 9.47 Å². The summed E-state index contributed by atoms with van der Waals surface area (Å²) in [5, 5.41) is 0.817. The van der Waals surface area contributed by atoms with E-state index in [-0.39, 0.29) is 22.8 Å². The van der Waals surface area contributed by atoms with Crippen LogP contribution in [0.15, 0.2) is 60.1 Å². The van der Waals surface area contributed by atoms with E-state index >= 15 is 0 Å². The molecule has 0 N–H and O–H groups in total. The van der Waals surface area contributed by atoms with Crippen molar-refractivity contribution in [1.82, 2.24) is 24.5 Å². The molecule has 1 aromatic carbocycles. The number of sulfone groups is 1. The maximum atomic E-state index is 11.9. The van der Waals surface area contributed by atoms with Gasteiger partial charge in [-0.1, -0.05) is 6.92 Å². The molecule has 2 aliphatic rings. The summed E-state index contributed by atoms with van der Waals surface area (Å²) in [4.78, 5) is 20.5. The second-order valence-corrected chi connectivity index (χ2v) is 11.7. The Balaban J connectivity index is 1.22. The zero-order valence-electron chi connectivity index (χ0n) is 20.7. The number of rotatable bonds is 6. The minimum Gasteiger partial charge on any atom is -0.473 e. The van der Waals surface area contributed by atoms with Crippen LogP contribution < -0.4 is 9.64 Å². The third-order valence-electron chi connectivity index (χ3n) is 7.11. The lowest BCUT2D eigenvalue weighted by molar-refractivity contribution is -0.0770. The molecule has 3 aromatic heterocycles. The fraction of sp³-hybridized carbons (Fsp3) is 0.385. The normalized spacial score (nSPS) is 21.8. The standard InChI is InChI=1S/C26H28N6O4S/c1-3-17-10-27-26(28-11-17)31-12-19-14-35-15-20(13-31)25(19)36-24-9-23(29-16-30-24)32-7-6-18-8-21(37(2,33)34)4-5-22(18)32/h4-11,16,19-20,25H,3,12-15H2,1-2H3. The van der Waals surface area contributed by atoms with Gasteiger partial charge in [-0.05, 0) is 36.2 Å². The van der Waals surface area contributed by atoms with Crippen molar-refractivity contribution in [2.45, 2.75) is 24.3 Å². The molecule has 0 saturated carbocycles. The summed E-state index contributed by atoms with van der Waals surface area (Å²) >= 11 is 0. The number of benzene rings is 1. The molecular formula is C26H28N6O4S. The Morgan fingerprint density at radius 1 is 1.03 bits per heavy atom. The van der Waals surface area contributed by atoms with Gasteiger partial charge in [0.2, 0.25) is 11.8 Å². The van der Waals surface area contributed by atoms with Gasteiger partial charge in [0.05, 0.1) is 23.6 Å². The first-order valence-corrected chi connectivity index (χ1v) is 14.2. The average molecular weight is 521 g/mol. The first-order valence-electron chi connectivity index (χ1n) is 12.3. The molecule has 5 heterocycles. The van der Waals surface area contributed by atoms with E-state index in [1.54, 1.807) is 18.2 Å². The average Bonchev–Trinajstić information content (AvgIpc) is 3.32. The Labute approximate surface area is 215 Å². The zero-order valence-corrected chi connectivity index (χ0v) is 21.5. The Morgan fingerprint density at radius 2 is 1.78 bits per heavy atom. The summed E-state index contributed by atoms with van der Waals surface area (Å²) in [5.41, 5.74) is 1.97. The quantitative estimate of drug-likeness (QED) is 0.379. The smallest absolute Gasteiger partial charge is 0.225 e. The van der Waals surface area contributed by atoms with Crippen LogP contribution in [0.25, 0.3) is 16.7 Å².